The first-order chi connectivity index (χ1) is 10.1. The number of alkyl halides is 2. The Morgan fingerprint density at radius 1 is 1.32 bits per heavy atom. The number of hydrogen-bond donors (Lipinski definition) is 2. The predicted octanol–water partition coefficient (Wildman–Crippen LogP) is 2.64. The SMILES string of the molecule is Cc1ccncc1CNCC(F)(F)CNC(=O)OC(C)(C)C. The number of carbonyl (C=O) groups is 1. The second kappa shape index (κ2) is 7.49. The topological polar surface area (TPSA) is 63.2 Å². The molecule has 5 nitrogen and oxygen atoms in total. The molecule has 0 saturated carbocycles. The Kier molecular flexibility index (Phi) is 6.22. The number of nitrogens with zero attached hydrogens (tertiary/aromatic N) is 1. The first-order valence-electron chi connectivity index (χ1n) is 7.04. The molecule has 0 spiro atoms. The van der Waals surface area contributed by atoms with Crippen LogP contribution in [-0.2, 0) is 11.3 Å². The quantitative estimate of drug-likeness (QED) is 0.847. The second-order valence-electron chi connectivity index (χ2n) is 6.12. The Bertz CT molecular complexity index is 502. The zero-order valence-electron chi connectivity index (χ0n) is 13.4. The minimum Gasteiger partial charge on any atom is -0.444 e. The zero-order valence-corrected chi connectivity index (χ0v) is 13.4. The summed E-state index contributed by atoms with van der Waals surface area (Å²) in [6.45, 7) is 5.87. The molecule has 1 aromatic heterocycles. The minimum absolute atomic E-state index is 0.293. The van der Waals surface area contributed by atoms with E-state index in [1.807, 2.05) is 13.0 Å². The highest BCUT2D eigenvalue weighted by Gasteiger charge is 2.30. The summed E-state index contributed by atoms with van der Waals surface area (Å²) < 4.78 is 32.3. The van der Waals surface area contributed by atoms with Gasteiger partial charge in [0.2, 0.25) is 0 Å². The van der Waals surface area contributed by atoms with E-state index in [1.54, 1.807) is 33.2 Å². The lowest BCUT2D eigenvalue weighted by molar-refractivity contribution is -0.00377. The summed E-state index contributed by atoms with van der Waals surface area (Å²) in [6.07, 6.45) is 2.44. The van der Waals surface area contributed by atoms with Gasteiger partial charge in [0.1, 0.15) is 5.60 Å². The third-order valence-electron chi connectivity index (χ3n) is 2.74. The lowest BCUT2D eigenvalue weighted by atomic mass is 10.1. The molecular weight excluding hydrogens is 292 g/mol. The van der Waals surface area contributed by atoms with Gasteiger partial charge < -0.3 is 15.4 Å². The number of nitrogens with one attached hydrogen (secondary N) is 2. The van der Waals surface area contributed by atoms with Crippen LogP contribution in [0.4, 0.5) is 13.6 Å². The third-order valence-corrected chi connectivity index (χ3v) is 2.74. The number of carbonyl (C=O) groups excluding carboxylic acids is 1. The van der Waals surface area contributed by atoms with Crippen molar-refractivity contribution in [2.24, 2.45) is 0 Å². The number of ether oxygens (including phenoxy) is 1. The van der Waals surface area contributed by atoms with Crippen molar-refractivity contribution >= 4 is 6.09 Å². The van der Waals surface area contributed by atoms with Gasteiger partial charge >= 0.3 is 6.09 Å². The first-order valence-corrected chi connectivity index (χ1v) is 7.04. The van der Waals surface area contributed by atoms with Crippen LogP contribution in [0.15, 0.2) is 18.5 Å². The van der Waals surface area contributed by atoms with E-state index in [1.165, 1.54) is 0 Å². The van der Waals surface area contributed by atoms with Crippen LogP contribution in [0, 0.1) is 6.92 Å². The highest BCUT2D eigenvalue weighted by molar-refractivity contribution is 5.67. The molecule has 0 radical (unpaired) electrons. The Labute approximate surface area is 129 Å². The maximum atomic E-state index is 13.7. The monoisotopic (exact) mass is 315 g/mol. The highest BCUT2D eigenvalue weighted by Crippen LogP contribution is 2.12. The fraction of sp³-hybridized carbons (Fsp3) is 0.600. The van der Waals surface area contributed by atoms with Crippen molar-refractivity contribution in [1.82, 2.24) is 15.6 Å². The van der Waals surface area contributed by atoms with Crippen molar-refractivity contribution in [2.45, 2.75) is 45.8 Å². The standard InChI is InChI=1S/C15H23F2N3O2/c1-11-5-6-18-7-12(11)8-19-9-15(16,17)10-20-13(21)22-14(2,3)4/h5-7,19H,8-10H2,1-4H3,(H,20,21). The number of halogens is 2. The van der Waals surface area contributed by atoms with Crippen LogP contribution in [0.1, 0.15) is 31.9 Å². The van der Waals surface area contributed by atoms with E-state index in [0.717, 1.165) is 11.1 Å². The van der Waals surface area contributed by atoms with Crippen molar-refractivity contribution in [3.63, 3.8) is 0 Å². The van der Waals surface area contributed by atoms with E-state index in [-0.39, 0.29) is 0 Å². The van der Waals surface area contributed by atoms with Crippen molar-refractivity contribution in [1.29, 1.82) is 0 Å². The summed E-state index contributed by atoms with van der Waals surface area (Å²) >= 11 is 0. The number of rotatable bonds is 6. The summed E-state index contributed by atoms with van der Waals surface area (Å²) in [5.74, 6) is -3.06. The van der Waals surface area contributed by atoms with Gasteiger partial charge in [0, 0.05) is 18.9 Å². The van der Waals surface area contributed by atoms with Crippen molar-refractivity contribution in [2.75, 3.05) is 13.1 Å². The highest BCUT2D eigenvalue weighted by atomic mass is 19.3. The number of amides is 1. The van der Waals surface area contributed by atoms with Gasteiger partial charge in [-0.1, -0.05) is 0 Å². The van der Waals surface area contributed by atoms with Crippen molar-refractivity contribution in [3.05, 3.63) is 29.6 Å². The van der Waals surface area contributed by atoms with Crippen LogP contribution < -0.4 is 10.6 Å². The Morgan fingerprint density at radius 2 is 2.00 bits per heavy atom. The molecule has 0 unspecified atom stereocenters. The summed E-state index contributed by atoms with van der Waals surface area (Å²) in [5, 5.41) is 4.75. The average molecular weight is 315 g/mol. The van der Waals surface area contributed by atoms with E-state index in [0.29, 0.717) is 6.54 Å². The normalized spacial score (nSPS) is 12.1. The molecule has 0 aliphatic rings. The summed E-state index contributed by atoms with van der Waals surface area (Å²) in [7, 11) is 0. The van der Waals surface area contributed by atoms with Crippen LogP contribution in [0.25, 0.3) is 0 Å². The summed E-state index contributed by atoms with van der Waals surface area (Å²) in [4.78, 5) is 15.3. The lowest BCUT2D eigenvalue weighted by Gasteiger charge is -2.22. The van der Waals surface area contributed by atoms with Gasteiger partial charge in [-0.3, -0.25) is 4.98 Å². The Hall–Kier alpha value is -1.76. The number of hydrogen-bond acceptors (Lipinski definition) is 4. The van der Waals surface area contributed by atoms with E-state index >= 15 is 0 Å². The van der Waals surface area contributed by atoms with Crippen LogP contribution in [0.5, 0.6) is 0 Å². The zero-order chi connectivity index (χ0) is 16.8. The Balaban J connectivity index is 2.35. The van der Waals surface area contributed by atoms with E-state index in [9.17, 15) is 13.6 Å². The van der Waals surface area contributed by atoms with Crippen LogP contribution in [0.3, 0.4) is 0 Å². The van der Waals surface area contributed by atoms with E-state index < -0.39 is 30.7 Å². The van der Waals surface area contributed by atoms with Crippen molar-refractivity contribution in [3.8, 4) is 0 Å². The van der Waals surface area contributed by atoms with Crippen LogP contribution in [-0.4, -0.2) is 35.7 Å². The van der Waals surface area contributed by atoms with E-state index in [2.05, 4.69) is 15.6 Å². The summed E-state index contributed by atoms with van der Waals surface area (Å²) in [5.41, 5.74) is 1.13. The maximum Gasteiger partial charge on any atom is 0.407 e. The van der Waals surface area contributed by atoms with Gasteiger partial charge in [-0.05, 0) is 44.9 Å². The Morgan fingerprint density at radius 3 is 2.59 bits per heavy atom. The first kappa shape index (κ1) is 18.3. The van der Waals surface area contributed by atoms with Crippen molar-refractivity contribution < 1.29 is 18.3 Å². The lowest BCUT2D eigenvalue weighted by Crippen LogP contribution is -2.44. The molecule has 2 N–H and O–H groups in total. The van der Waals surface area contributed by atoms with Gasteiger partial charge in [0.25, 0.3) is 5.92 Å². The molecule has 1 rings (SSSR count). The molecule has 1 amide bonds. The molecule has 0 aliphatic heterocycles. The molecule has 0 bridgehead atoms. The molecule has 0 fully saturated rings. The van der Waals surface area contributed by atoms with Gasteiger partial charge in [0.15, 0.2) is 0 Å². The van der Waals surface area contributed by atoms with Crippen LogP contribution in [0.2, 0.25) is 0 Å². The second-order valence-corrected chi connectivity index (χ2v) is 6.12. The van der Waals surface area contributed by atoms with Gasteiger partial charge in [-0.25, -0.2) is 13.6 Å². The van der Waals surface area contributed by atoms with Crippen LogP contribution >= 0.6 is 0 Å². The third kappa shape index (κ3) is 7.31. The number of aromatic nitrogens is 1. The maximum absolute atomic E-state index is 13.7. The molecule has 22 heavy (non-hydrogen) atoms. The fourth-order valence-electron chi connectivity index (χ4n) is 1.64. The molecule has 0 aliphatic carbocycles. The molecule has 0 aromatic carbocycles. The largest absolute Gasteiger partial charge is 0.444 e. The molecular formula is C15H23F2N3O2. The fourth-order valence-corrected chi connectivity index (χ4v) is 1.64. The van der Waals surface area contributed by atoms with Gasteiger partial charge in [-0.15, -0.1) is 0 Å². The molecule has 0 atom stereocenters. The predicted molar refractivity (Wildman–Crippen MR) is 79.9 cm³/mol. The average Bonchev–Trinajstić information content (AvgIpc) is 2.37. The number of aryl methyl sites for hydroxylation is 1. The molecule has 1 heterocycles. The van der Waals surface area contributed by atoms with Gasteiger partial charge in [0.05, 0.1) is 13.1 Å². The molecule has 7 heteroatoms. The van der Waals surface area contributed by atoms with Gasteiger partial charge in [-0.2, -0.15) is 0 Å². The smallest absolute Gasteiger partial charge is 0.407 e. The summed E-state index contributed by atoms with van der Waals surface area (Å²) in [6, 6.07) is 1.82. The number of pyridine rings is 1. The molecule has 1 aromatic rings. The number of alkyl carbamates (subject to hydrolysis) is 1. The minimum atomic E-state index is -3.06. The van der Waals surface area contributed by atoms with E-state index in [4.69, 9.17) is 4.74 Å². The molecule has 0 saturated heterocycles. The molecule has 124 valence electrons.